The Hall–Kier alpha value is -2.72. The summed E-state index contributed by atoms with van der Waals surface area (Å²) in [5.74, 6) is 0.587. The molecule has 0 fully saturated rings. The Bertz CT molecular complexity index is 874. The van der Waals surface area contributed by atoms with Crippen LogP contribution in [0.3, 0.4) is 0 Å². The van der Waals surface area contributed by atoms with Crippen molar-refractivity contribution < 1.29 is 18.8 Å². The second-order valence-electron chi connectivity index (χ2n) is 7.54. The van der Waals surface area contributed by atoms with Gasteiger partial charge in [0.2, 0.25) is 0 Å². The van der Waals surface area contributed by atoms with E-state index in [1.165, 1.54) is 29.8 Å². The van der Waals surface area contributed by atoms with Crippen LogP contribution >= 0.6 is 0 Å². The summed E-state index contributed by atoms with van der Waals surface area (Å²) >= 11 is 0. The van der Waals surface area contributed by atoms with Crippen molar-refractivity contribution in [3.05, 3.63) is 101 Å². The van der Waals surface area contributed by atoms with E-state index in [1.807, 2.05) is 50.2 Å². The molecule has 3 aromatic rings. The molecule has 0 saturated heterocycles. The molecule has 0 unspecified atom stereocenters. The van der Waals surface area contributed by atoms with Crippen molar-refractivity contribution in [2.45, 2.75) is 38.8 Å². The van der Waals surface area contributed by atoms with E-state index in [2.05, 4.69) is 17.4 Å². The second-order valence-corrected chi connectivity index (χ2v) is 7.54. The zero-order valence-electron chi connectivity index (χ0n) is 16.9. The lowest BCUT2D eigenvalue weighted by atomic mass is 9.88. The highest BCUT2D eigenvalue weighted by molar-refractivity contribution is 5.36. The van der Waals surface area contributed by atoms with Crippen molar-refractivity contribution in [3.63, 3.8) is 0 Å². The minimum Gasteiger partial charge on any atom is -0.491 e. The zero-order valence-corrected chi connectivity index (χ0v) is 16.9. The topological polar surface area (TPSA) is 25.8 Å². The molecule has 0 aliphatic heterocycles. The van der Waals surface area contributed by atoms with Crippen LogP contribution in [0.1, 0.15) is 42.9 Å². The summed E-state index contributed by atoms with van der Waals surface area (Å²) in [6, 6.07) is 21.5. The van der Waals surface area contributed by atoms with Gasteiger partial charge in [-0.3, -0.25) is 0 Å². The first-order valence-corrected chi connectivity index (χ1v) is 10.1. The lowest BCUT2D eigenvalue weighted by molar-refractivity contribution is -0.671. The summed E-state index contributed by atoms with van der Waals surface area (Å²) < 4.78 is 32.2. The fourth-order valence-corrected chi connectivity index (χ4v) is 3.45. The van der Waals surface area contributed by atoms with Gasteiger partial charge in [0.05, 0.1) is 12.6 Å². The molecule has 0 radical (unpaired) electrons. The molecule has 0 amide bonds. The predicted octanol–water partition coefficient (Wildman–Crippen LogP) is 5.04. The minimum atomic E-state index is -0.226. The fourth-order valence-electron chi connectivity index (χ4n) is 3.45. The van der Waals surface area contributed by atoms with Crippen molar-refractivity contribution >= 4 is 0 Å². The van der Waals surface area contributed by atoms with Gasteiger partial charge in [0.15, 0.2) is 0 Å². The quantitative estimate of drug-likeness (QED) is 0.504. The third kappa shape index (κ3) is 6.40. The highest BCUT2D eigenvalue weighted by Gasteiger charge is 2.16. The monoisotopic (exact) mass is 396 g/mol. The summed E-state index contributed by atoms with van der Waals surface area (Å²) in [4.78, 5) is 0. The Kier molecular flexibility index (Phi) is 7.36. The Labute approximate surface area is 171 Å². The van der Waals surface area contributed by atoms with E-state index in [0.29, 0.717) is 0 Å². The minimum absolute atomic E-state index is 0.134. The number of nitrogens with two attached hydrogens (primary N) is 1. The summed E-state index contributed by atoms with van der Waals surface area (Å²) in [6.07, 6.45) is 1.05. The van der Waals surface area contributed by atoms with Gasteiger partial charge in [-0.2, -0.15) is 0 Å². The van der Waals surface area contributed by atoms with Crippen LogP contribution in [0.15, 0.2) is 72.8 Å². The third-order valence-electron chi connectivity index (χ3n) is 4.88. The normalized spacial score (nSPS) is 12.2. The molecule has 0 aromatic heterocycles. The lowest BCUT2D eigenvalue weighted by Gasteiger charge is -2.18. The Balaban J connectivity index is 1.67. The maximum atomic E-state index is 13.4. The largest absolute Gasteiger partial charge is 0.491 e. The van der Waals surface area contributed by atoms with E-state index in [4.69, 9.17) is 4.74 Å². The predicted molar refractivity (Wildman–Crippen MR) is 112 cm³/mol. The van der Waals surface area contributed by atoms with Crippen LogP contribution in [0, 0.1) is 11.6 Å². The van der Waals surface area contributed by atoms with Gasteiger partial charge < -0.3 is 10.1 Å². The molecule has 0 saturated carbocycles. The van der Waals surface area contributed by atoms with E-state index >= 15 is 0 Å². The van der Waals surface area contributed by atoms with E-state index in [1.54, 1.807) is 0 Å². The van der Waals surface area contributed by atoms with E-state index < -0.39 is 0 Å². The van der Waals surface area contributed by atoms with Gasteiger partial charge in [0, 0.05) is 17.9 Å². The van der Waals surface area contributed by atoms with Crippen molar-refractivity contribution in [1.82, 2.24) is 0 Å². The summed E-state index contributed by atoms with van der Waals surface area (Å²) in [7, 11) is 0. The van der Waals surface area contributed by atoms with Crippen LogP contribution < -0.4 is 10.1 Å². The van der Waals surface area contributed by atoms with Crippen molar-refractivity contribution in [3.8, 4) is 5.75 Å². The van der Waals surface area contributed by atoms with Crippen LogP contribution in [0.25, 0.3) is 0 Å². The Morgan fingerprint density at radius 2 is 1.28 bits per heavy atom. The molecular weight excluding hydrogens is 368 g/mol. The first kappa shape index (κ1) is 21.0. The van der Waals surface area contributed by atoms with Gasteiger partial charge in [-0.1, -0.05) is 36.4 Å². The van der Waals surface area contributed by atoms with Gasteiger partial charge in [-0.15, -0.1) is 0 Å². The van der Waals surface area contributed by atoms with Crippen LogP contribution in [-0.2, 0) is 6.54 Å². The molecule has 0 spiro atoms. The molecule has 2 N–H and O–H groups in total. The zero-order chi connectivity index (χ0) is 20.6. The van der Waals surface area contributed by atoms with Gasteiger partial charge in [0.25, 0.3) is 0 Å². The van der Waals surface area contributed by atoms with Crippen molar-refractivity contribution in [2.75, 3.05) is 6.54 Å². The molecule has 2 nitrogen and oxygen atoms in total. The molecule has 0 heterocycles. The second kappa shape index (κ2) is 10.2. The van der Waals surface area contributed by atoms with E-state index in [9.17, 15) is 8.78 Å². The first-order chi connectivity index (χ1) is 14.0. The summed E-state index contributed by atoms with van der Waals surface area (Å²) in [6.45, 7) is 5.72. The average Bonchev–Trinajstić information content (AvgIpc) is 2.71. The van der Waals surface area contributed by atoms with E-state index in [-0.39, 0.29) is 23.7 Å². The van der Waals surface area contributed by atoms with E-state index in [0.717, 1.165) is 36.4 Å². The smallest absolute Gasteiger partial charge is 0.123 e. The maximum Gasteiger partial charge on any atom is 0.123 e. The third-order valence-corrected chi connectivity index (χ3v) is 4.88. The summed E-state index contributed by atoms with van der Waals surface area (Å²) in [5, 5.41) is 2.22. The Morgan fingerprint density at radius 1 is 0.759 bits per heavy atom. The molecule has 0 aliphatic rings. The molecule has 3 rings (SSSR count). The van der Waals surface area contributed by atoms with Crippen molar-refractivity contribution in [1.29, 1.82) is 0 Å². The average molecular weight is 397 g/mol. The van der Waals surface area contributed by atoms with Gasteiger partial charge in [0.1, 0.15) is 23.9 Å². The standard InChI is InChI=1S/C25H27F2NO/c1-18(2)29-24-13-7-21(8-14-24)25(20-5-11-23(27)12-6-20)15-16-28-17-19-3-9-22(26)10-4-19/h3-14,18,25,28H,15-17H2,1-2H3/p+1/t25-/m1/s1. The molecule has 29 heavy (non-hydrogen) atoms. The number of hydrogen-bond donors (Lipinski definition) is 1. The number of quaternary nitrogens is 1. The first-order valence-electron chi connectivity index (χ1n) is 10.1. The lowest BCUT2D eigenvalue weighted by Crippen LogP contribution is -2.82. The van der Waals surface area contributed by atoms with Crippen molar-refractivity contribution in [2.24, 2.45) is 0 Å². The van der Waals surface area contributed by atoms with Gasteiger partial charge in [-0.25, -0.2) is 8.78 Å². The molecule has 4 heteroatoms. The number of rotatable bonds is 9. The SMILES string of the molecule is CC(C)Oc1ccc([C@H](CC[NH2+]Cc2ccc(F)cc2)c2ccc(F)cc2)cc1. The number of halogens is 2. The number of benzene rings is 3. The van der Waals surface area contributed by atoms with Crippen LogP contribution in [0.5, 0.6) is 5.75 Å². The number of ether oxygens (including phenoxy) is 1. The highest BCUT2D eigenvalue weighted by Crippen LogP contribution is 2.29. The summed E-state index contributed by atoms with van der Waals surface area (Å²) in [5.41, 5.74) is 3.38. The molecule has 152 valence electrons. The molecule has 0 bridgehead atoms. The fraction of sp³-hybridized carbons (Fsp3) is 0.280. The maximum absolute atomic E-state index is 13.4. The van der Waals surface area contributed by atoms with Crippen LogP contribution in [0.2, 0.25) is 0 Å². The van der Waals surface area contributed by atoms with Gasteiger partial charge >= 0.3 is 0 Å². The highest BCUT2D eigenvalue weighted by atomic mass is 19.1. The van der Waals surface area contributed by atoms with Crippen LogP contribution in [0.4, 0.5) is 8.78 Å². The van der Waals surface area contributed by atoms with Crippen LogP contribution in [-0.4, -0.2) is 12.6 Å². The molecule has 0 aliphatic carbocycles. The molecular formula is C25H28F2NO+. The molecule has 1 atom stereocenters. The van der Waals surface area contributed by atoms with Gasteiger partial charge in [-0.05, 0) is 61.4 Å². The Morgan fingerprint density at radius 3 is 1.83 bits per heavy atom. The molecule has 3 aromatic carbocycles. The number of hydrogen-bond acceptors (Lipinski definition) is 1.